The van der Waals surface area contributed by atoms with Gasteiger partial charge in [0, 0.05) is 6.07 Å². The van der Waals surface area contributed by atoms with Crippen molar-refractivity contribution >= 4 is 23.3 Å². The number of carbonyl (C=O) groups is 1. The molecule has 1 aromatic heterocycles. The molecule has 0 bridgehead atoms. The molecule has 0 amide bonds. The van der Waals surface area contributed by atoms with Crippen LogP contribution in [0.15, 0.2) is 60.7 Å². The monoisotopic (exact) mass is 571 g/mol. The third-order valence-electron chi connectivity index (χ3n) is 5.30. The van der Waals surface area contributed by atoms with E-state index < -0.39 is 47.5 Å². The molecule has 1 heterocycles. The number of alkyl halides is 6. The molecule has 0 saturated carbocycles. The maximum Gasteiger partial charge on any atom is 0.416 e. The fourth-order valence-corrected chi connectivity index (χ4v) is 3.52. The number of carbonyl (C=O) groups excluding carboxylic acids is 1. The summed E-state index contributed by atoms with van der Waals surface area (Å²) in [5, 5.41) is 12.1. The van der Waals surface area contributed by atoms with Crippen LogP contribution in [0.25, 0.3) is 0 Å². The standard InChI is InChI=1S/C26H20ClF6N3O3/c1-14(2)23(36-19-11-8-16(12-18(19)27)26(31,32)33)24(37)39-21(13-34)20-4-3-5-22(35-20)38-17-9-6-15(7-10-17)25(28,29)30/h3-12,14,21,23,36H,1-2H3. The number of rotatable bonds is 8. The Morgan fingerprint density at radius 2 is 1.59 bits per heavy atom. The lowest BCUT2D eigenvalue weighted by atomic mass is 10.0. The molecule has 3 rings (SSSR count). The topological polar surface area (TPSA) is 84.2 Å². The van der Waals surface area contributed by atoms with Crippen LogP contribution in [0.4, 0.5) is 32.0 Å². The zero-order chi connectivity index (χ0) is 29.0. The number of hydrogen-bond donors (Lipinski definition) is 1. The van der Waals surface area contributed by atoms with E-state index in [9.17, 15) is 36.4 Å². The van der Waals surface area contributed by atoms with Gasteiger partial charge in [-0.05, 0) is 54.4 Å². The van der Waals surface area contributed by atoms with Gasteiger partial charge < -0.3 is 14.8 Å². The van der Waals surface area contributed by atoms with Crippen molar-refractivity contribution in [2.24, 2.45) is 5.92 Å². The summed E-state index contributed by atoms with van der Waals surface area (Å²) in [5.74, 6) is -1.35. The summed E-state index contributed by atoms with van der Waals surface area (Å²) < 4.78 is 87.9. The molecule has 206 valence electrons. The second kappa shape index (κ2) is 11.8. The molecule has 0 fully saturated rings. The van der Waals surface area contributed by atoms with Crippen LogP contribution in [0, 0.1) is 17.2 Å². The van der Waals surface area contributed by atoms with Gasteiger partial charge in [0.2, 0.25) is 12.0 Å². The van der Waals surface area contributed by atoms with Gasteiger partial charge in [-0.3, -0.25) is 0 Å². The van der Waals surface area contributed by atoms with Gasteiger partial charge in [-0.15, -0.1) is 0 Å². The van der Waals surface area contributed by atoms with Gasteiger partial charge >= 0.3 is 18.3 Å². The van der Waals surface area contributed by atoms with Crippen molar-refractivity contribution in [2.75, 3.05) is 5.32 Å². The molecule has 2 unspecified atom stereocenters. The number of esters is 1. The summed E-state index contributed by atoms with van der Waals surface area (Å²) in [6.45, 7) is 3.30. The highest BCUT2D eigenvalue weighted by atomic mass is 35.5. The lowest BCUT2D eigenvalue weighted by Crippen LogP contribution is -2.37. The first-order valence-corrected chi connectivity index (χ1v) is 11.6. The number of ether oxygens (including phenoxy) is 2. The molecule has 3 aromatic rings. The molecule has 13 heteroatoms. The molecular weight excluding hydrogens is 552 g/mol. The first-order valence-electron chi connectivity index (χ1n) is 11.2. The summed E-state index contributed by atoms with van der Waals surface area (Å²) in [5.41, 5.74) is -1.79. The number of nitriles is 1. The Labute approximate surface area is 224 Å². The van der Waals surface area contributed by atoms with E-state index in [0.29, 0.717) is 0 Å². The van der Waals surface area contributed by atoms with E-state index in [1.807, 2.05) is 0 Å². The molecule has 0 aliphatic rings. The highest BCUT2D eigenvalue weighted by molar-refractivity contribution is 6.33. The highest BCUT2D eigenvalue weighted by Gasteiger charge is 2.33. The Hall–Kier alpha value is -3.98. The maximum atomic E-state index is 12.9. The van der Waals surface area contributed by atoms with Crippen molar-refractivity contribution in [1.82, 2.24) is 4.98 Å². The van der Waals surface area contributed by atoms with Crippen molar-refractivity contribution in [2.45, 2.75) is 38.3 Å². The maximum absolute atomic E-state index is 12.9. The van der Waals surface area contributed by atoms with Crippen LogP contribution in [0.3, 0.4) is 0 Å². The molecule has 1 N–H and O–H groups in total. The van der Waals surface area contributed by atoms with Crippen LogP contribution < -0.4 is 10.1 Å². The number of aromatic nitrogens is 1. The fourth-order valence-electron chi connectivity index (χ4n) is 3.28. The normalized spacial score (nSPS) is 13.4. The molecule has 2 atom stereocenters. The number of pyridine rings is 1. The van der Waals surface area contributed by atoms with E-state index in [-0.39, 0.29) is 28.0 Å². The van der Waals surface area contributed by atoms with Crippen LogP contribution in [-0.4, -0.2) is 17.0 Å². The molecule has 2 aromatic carbocycles. The molecule has 39 heavy (non-hydrogen) atoms. The van der Waals surface area contributed by atoms with Gasteiger partial charge in [0.15, 0.2) is 0 Å². The first-order chi connectivity index (χ1) is 18.2. The minimum Gasteiger partial charge on any atom is -0.439 e. The largest absolute Gasteiger partial charge is 0.439 e. The Balaban J connectivity index is 1.74. The lowest BCUT2D eigenvalue weighted by Gasteiger charge is -2.24. The smallest absolute Gasteiger partial charge is 0.416 e. The van der Waals surface area contributed by atoms with Crippen LogP contribution >= 0.6 is 11.6 Å². The average molecular weight is 572 g/mol. The van der Waals surface area contributed by atoms with E-state index in [0.717, 1.165) is 42.5 Å². The van der Waals surface area contributed by atoms with Crippen LogP contribution in [0.5, 0.6) is 11.6 Å². The molecule has 0 radical (unpaired) electrons. The van der Waals surface area contributed by atoms with Crippen LogP contribution in [-0.2, 0) is 21.9 Å². The third kappa shape index (κ3) is 7.77. The minimum atomic E-state index is -4.60. The number of benzene rings is 2. The fraction of sp³-hybridized carbons (Fsp3) is 0.269. The number of halogens is 7. The molecule has 0 aliphatic heterocycles. The van der Waals surface area contributed by atoms with E-state index in [1.54, 1.807) is 19.9 Å². The summed E-state index contributed by atoms with van der Waals surface area (Å²) in [6.07, 6.45) is -10.6. The second-order valence-corrected chi connectivity index (χ2v) is 8.94. The number of nitrogens with zero attached hydrogens (tertiary/aromatic N) is 2. The Morgan fingerprint density at radius 3 is 2.13 bits per heavy atom. The van der Waals surface area contributed by atoms with Crippen LogP contribution in [0.2, 0.25) is 5.02 Å². The van der Waals surface area contributed by atoms with Crippen molar-refractivity contribution in [3.63, 3.8) is 0 Å². The zero-order valence-corrected chi connectivity index (χ0v) is 21.0. The van der Waals surface area contributed by atoms with Gasteiger partial charge in [0.1, 0.15) is 17.9 Å². The second-order valence-electron chi connectivity index (χ2n) is 8.53. The van der Waals surface area contributed by atoms with E-state index >= 15 is 0 Å². The van der Waals surface area contributed by atoms with Crippen molar-refractivity contribution in [1.29, 1.82) is 5.26 Å². The lowest BCUT2D eigenvalue weighted by molar-refractivity contribution is -0.149. The summed E-state index contributed by atoms with van der Waals surface area (Å²) >= 11 is 5.99. The first kappa shape index (κ1) is 29.6. The summed E-state index contributed by atoms with van der Waals surface area (Å²) in [7, 11) is 0. The highest BCUT2D eigenvalue weighted by Crippen LogP contribution is 2.35. The molecule has 0 spiro atoms. The quantitative estimate of drug-likeness (QED) is 0.219. The van der Waals surface area contributed by atoms with E-state index in [1.165, 1.54) is 18.2 Å². The van der Waals surface area contributed by atoms with E-state index in [2.05, 4.69) is 10.3 Å². The zero-order valence-electron chi connectivity index (χ0n) is 20.3. The number of anilines is 1. The minimum absolute atomic E-state index is 0.0228. The van der Waals surface area contributed by atoms with Gasteiger partial charge in [-0.2, -0.15) is 31.6 Å². The van der Waals surface area contributed by atoms with Gasteiger partial charge in [-0.25, -0.2) is 9.78 Å². The average Bonchev–Trinajstić information content (AvgIpc) is 2.85. The van der Waals surface area contributed by atoms with Gasteiger partial charge in [-0.1, -0.05) is 31.5 Å². The molecular formula is C26H20ClF6N3O3. The molecule has 0 aliphatic carbocycles. The SMILES string of the molecule is CC(C)C(Nc1ccc(C(F)(F)F)cc1Cl)C(=O)OC(C#N)c1cccc(Oc2ccc(C(F)(F)F)cc2)n1. The molecule has 6 nitrogen and oxygen atoms in total. The molecule has 0 saturated heterocycles. The predicted octanol–water partition coefficient (Wildman–Crippen LogP) is 7.81. The number of hydrogen-bond acceptors (Lipinski definition) is 6. The van der Waals surface area contributed by atoms with Crippen molar-refractivity contribution in [3.8, 4) is 17.7 Å². The Kier molecular flexibility index (Phi) is 8.96. The Bertz CT molecular complexity index is 1350. The number of nitrogens with one attached hydrogen (secondary N) is 1. The third-order valence-corrected chi connectivity index (χ3v) is 5.61. The van der Waals surface area contributed by atoms with E-state index in [4.69, 9.17) is 21.1 Å². The van der Waals surface area contributed by atoms with Crippen molar-refractivity contribution in [3.05, 3.63) is 82.5 Å². The van der Waals surface area contributed by atoms with Crippen LogP contribution in [0.1, 0.15) is 36.8 Å². The van der Waals surface area contributed by atoms with Gasteiger partial charge in [0.05, 0.1) is 27.5 Å². The van der Waals surface area contributed by atoms with Crippen molar-refractivity contribution < 1.29 is 40.6 Å². The van der Waals surface area contributed by atoms with Gasteiger partial charge in [0.25, 0.3) is 0 Å². The summed E-state index contributed by atoms with van der Waals surface area (Å²) in [4.78, 5) is 17.1. The predicted molar refractivity (Wildman–Crippen MR) is 129 cm³/mol. The summed E-state index contributed by atoms with van der Waals surface area (Å²) in [6, 6.07) is 11.4. The Morgan fingerprint density at radius 1 is 0.974 bits per heavy atom.